The number of hydrogen-bond donors (Lipinski definition) is 0. The van der Waals surface area contributed by atoms with E-state index in [9.17, 15) is 9.59 Å². The zero-order valence-corrected chi connectivity index (χ0v) is 5.79. The molecule has 0 aliphatic rings. The molecule has 0 radical (unpaired) electrons. The van der Waals surface area contributed by atoms with Gasteiger partial charge in [0.05, 0.1) is 13.2 Å². The quantitative estimate of drug-likeness (QED) is 0.316. The Morgan fingerprint density at radius 1 is 1.40 bits per heavy atom. The van der Waals surface area contributed by atoms with Crippen molar-refractivity contribution in [1.29, 1.82) is 0 Å². The van der Waals surface area contributed by atoms with Crippen molar-refractivity contribution >= 4 is 11.9 Å². The van der Waals surface area contributed by atoms with Crippen molar-refractivity contribution in [2.45, 2.75) is 6.92 Å². The molecule has 0 saturated carbocycles. The molecule has 4 heteroatoms. The molecule has 10 heavy (non-hydrogen) atoms. The molecule has 0 spiro atoms. The van der Waals surface area contributed by atoms with Gasteiger partial charge in [-0.25, -0.2) is 4.79 Å². The number of methoxy groups -OCH3 is 1. The Labute approximate surface area is 58.4 Å². The van der Waals surface area contributed by atoms with Gasteiger partial charge in [-0.3, -0.25) is 4.79 Å². The fraction of sp³-hybridized carbons (Fsp3) is 0.333. The van der Waals surface area contributed by atoms with Gasteiger partial charge in [-0.15, -0.1) is 0 Å². The molecule has 0 aromatic heterocycles. The molecule has 0 aromatic carbocycles. The highest BCUT2D eigenvalue weighted by Crippen LogP contribution is 1.80. The van der Waals surface area contributed by atoms with Crippen LogP contribution in [0, 0.1) is 0 Å². The molecule has 0 atom stereocenters. The van der Waals surface area contributed by atoms with Crippen molar-refractivity contribution in [3.63, 3.8) is 0 Å². The third-order valence-electron chi connectivity index (χ3n) is 0.639. The van der Waals surface area contributed by atoms with Gasteiger partial charge in [0.25, 0.3) is 0 Å². The highest BCUT2D eigenvalue weighted by atomic mass is 16.5. The maximum absolute atomic E-state index is 10.3. The fourth-order valence-corrected chi connectivity index (χ4v) is 0.253. The summed E-state index contributed by atoms with van der Waals surface area (Å²) in [7, 11) is 1.24. The SMILES string of the molecule is COC(=O)C=COC(C)=O. The normalized spacial score (nSPS) is 9.40. The van der Waals surface area contributed by atoms with Crippen LogP contribution in [0.3, 0.4) is 0 Å². The van der Waals surface area contributed by atoms with E-state index in [1.807, 2.05) is 0 Å². The Morgan fingerprint density at radius 2 is 2.00 bits per heavy atom. The van der Waals surface area contributed by atoms with Crippen LogP contribution in [-0.2, 0) is 19.1 Å². The third kappa shape index (κ3) is 4.83. The third-order valence-corrected chi connectivity index (χ3v) is 0.639. The van der Waals surface area contributed by atoms with Crippen LogP contribution in [0.2, 0.25) is 0 Å². The van der Waals surface area contributed by atoms with E-state index in [1.54, 1.807) is 0 Å². The lowest BCUT2D eigenvalue weighted by atomic mass is 10.6. The van der Waals surface area contributed by atoms with Gasteiger partial charge in [-0.05, 0) is 0 Å². The van der Waals surface area contributed by atoms with Gasteiger partial charge in [0.1, 0.15) is 6.26 Å². The molecule has 0 heterocycles. The largest absolute Gasteiger partial charge is 0.466 e. The van der Waals surface area contributed by atoms with Crippen LogP contribution in [0.4, 0.5) is 0 Å². The van der Waals surface area contributed by atoms with Crippen LogP contribution >= 0.6 is 0 Å². The van der Waals surface area contributed by atoms with Crippen molar-refractivity contribution < 1.29 is 19.1 Å². The van der Waals surface area contributed by atoms with E-state index in [-0.39, 0.29) is 0 Å². The molecule has 0 rings (SSSR count). The summed E-state index contributed by atoms with van der Waals surface area (Å²) in [6.45, 7) is 1.24. The van der Waals surface area contributed by atoms with Crippen molar-refractivity contribution in [2.75, 3.05) is 7.11 Å². The standard InChI is InChI=1S/C6H8O4/c1-5(7)10-4-3-6(8)9-2/h3-4H,1-2H3. The molecular formula is C6H8O4. The Kier molecular flexibility index (Phi) is 3.95. The van der Waals surface area contributed by atoms with Crippen LogP contribution in [0.25, 0.3) is 0 Å². The van der Waals surface area contributed by atoms with Gasteiger partial charge >= 0.3 is 11.9 Å². The number of ether oxygens (including phenoxy) is 2. The minimum absolute atomic E-state index is 0.472. The maximum Gasteiger partial charge on any atom is 0.333 e. The predicted octanol–water partition coefficient (Wildman–Crippen LogP) is 0.236. The summed E-state index contributed by atoms with van der Waals surface area (Å²) in [6, 6.07) is 0. The zero-order valence-electron chi connectivity index (χ0n) is 5.79. The fourth-order valence-electron chi connectivity index (χ4n) is 0.253. The summed E-state index contributed by atoms with van der Waals surface area (Å²) >= 11 is 0. The molecule has 0 aliphatic heterocycles. The predicted molar refractivity (Wildman–Crippen MR) is 32.9 cm³/mol. The van der Waals surface area contributed by atoms with Crippen LogP contribution < -0.4 is 0 Å². The monoisotopic (exact) mass is 144 g/mol. The molecule has 56 valence electrons. The second kappa shape index (κ2) is 4.55. The molecule has 4 nitrogen and oxygen atoms in total. The highest BCUT2D eigenvalue weighted by molar-refractivity contribution is 5.81. The van der Waals surface area contributed by atoms with Crippen molar-refractivity contribution in [1.82, 2.24) is 0 Å². The summed E-state index contributed by atoms with van der Waals surface area (Å²) in [5.74, 6) is -1.03. The smallest absolute Gasteiger partial charge is 0.333 e. The van der Waals surface area contributed by atoms with Crippen molar-refractivity contribution in [3.8, 4) is 0 Å². The lowest BCUT2D eigenvalue weighted by molar-refractivity contribution is -0.136. The van der Waals surface area contributed by atoms with Crippen molar-refractivity contribution in [3.05, 3.63) is 12.3 Å². The minimum atomic E-state index is -0.554. The van der Waals surface area contributed by atoms with Gasteiger partial charge in [-0.1, -0.05) is 0 Å². The maximum atomic E-state index is 10.3. The van der Waals surface area contributed by atoms with E-state index in [0.717, 1.165) is 12.3 Å². The molecule has 0 aliphatic carbocycles. The van der Waals surface area contributed by atoms with E-state index in [1.165, 1.54) is 14.0 Å². The summed E-state index contributed by atoms with van der Waals surface area (Å²) in [5.41, 5.74) is 0. The summed E-state index contributed by atoms with van der Waals surface area (Å²) in [4.78, 5) is 20.4. The number of hydrogen-bond acceptors (Lipinski definition) is 4. The topological polar surface area (TPSA) is 52.6 Å². The van der Waals surface area contributed by atoms with E-state index >= 15 is 0 Å². The first kappa shape index (κ1) is 8.68. The average Bonchev–Trinajstić information content (AvgIpc) is 1.87. The first-order chi connectivity index (χ1) is 4.66. The van der Waals surface area contributed by atoms with Crippen LogP contribution in [-0.4, -0.2) is 19.0 Å². The Balaban J connectivity index is 3.56. The number of esters is 2. The molecule has 0 saturated heterocycles. The second-order valence-corrected chi connectivity index (χ2v) is 1.44. The molecular weight excluding hydrogens is 136 g/mol. The van der Waals surface area contributed by atoms with Gasteiger partial charge in [-0.2, -0.15) is 0 Å². The van der Waals surface area contributed by atoms with Crippen LogP contribution in [0.15, 0.2) is 12.3 Å². The van der Waals surface area contributed by atoms with Crippen LogP contribution in [0.5, 0.6) is 0 Å². The average molecular weight is 144 g/mol. The van der Waals surface area contributed by atoms with Gasteiger partial charge in [0.2, 0.25) is 0 Å². The molecule has 0 bridgehead atoms. The van der Waals surface area contributed by atoms with Crippen molar-refractivity contribution in [2.24, 2.45) is 0 Å². The van der Waals surface area contributed by atoms with Gasteiger partial charge < -0.3 is 9.47 Å². The molecule has 0 fully saturated rings. The minimum Gasteiger partial charge on any atom is -0.466 e. The Hall–Kier alpha value is -1.32. The molecule has 0 amide bonds. The molecule has 0 N–H and O–H groups in total. The zero-order chi connectivity index (χ0) is 7.98. The highest BCUT2D eigenvalue weighted by Gasteiger charge is 1.90. The number of carbonyl (C=O) groups is 2. The van der Waals surface area contributed by atoms with E-state index in [2.05, 4.69) is 9.47 Å². The van der Waals surface area contributed by atoms with Crippen LogP contribution in [0.1, 0.15) is 6.92 Å². The van der Waals surface area contributed by atoms with E-state index < -0.39 is 11.9 Å². The number of rotatable bonds is 2. The van der Waals surface area contributed by atoms with Gasteiger partial charge in [0, 0.05) is 6.92 Å². The lowest BCUT2D eigenvalue weighted by Crippen LogP contribution is -1.96. The first-order valence-corrected chi connectivity index (χ1v) is 2.58. The summed E-state index contributed by atoms with van der Waals surface area (Å²) in [6.07, 6.45) is 2.00. The van der Waals surface area contributed by atoms with Gasteiger partial charge in [0.15, 0.2) is 0 Å². The lowest BCUT2D eigenvalue weighted by Gasteiger charge is -1.90. The molecule has 0 aromatic rings. The Morgan fingerprint density at radius 3 is 2.40 bits per heavy atom. The first-order valence-electron chi connectivity index (χ1n) is 2.58. The second-order valence-electron chi connectivity index (χ2n) is 1.44. The van der Waals surface area contributed by atoms with E-state index in [4.69, 9.17) is 0 Å². The molecule has 0 unspecified atom stereocenters. The number of carbonyl (C=O) groups excluding carboxylic acids is 2. The Bertz CT molecular complexity index is 159. The summed E-state index contributed by atoms with van der Waals surface area (Å²) < 4.78 is 8.51. The van der Waals surface area contributed by atoms with E-state index in [0.29, 0.717) is 0 Å². The summed E-state index contributed by atoms with van der Waals surface area (Å²) in [5, 5.41) is 0.